The van der Waals surface area contributed by atoms with E-state index in [2.05, 4.69) is 24.1 Å². The molecule has 2 N–H and O–H groups in total. The quantitative estimate of drug-likeness (QED) is 0.677. The van der Waals surface area contributed by atoms with Gasteiger partial charge in [-0.25, -0.2) is 0 Å². The number of hydrogen-bond donors (Lipinski definition) is 1. The summed E-state index contributed by atoms with van der Waals surface area (Å²) in [7, 11) is 0. The zero-order valence-corrected chi connectivity index (χ0v) is 9.27. The van der Waals surface area contributed by atoms with Crippen molar-refractivity contribution in [3.05, 3.63) is 41.6 Å². The highest BCUT2D eigenvalue weighted by atomic mass is 14.7. The number of nitrogens with zero attached hydrogens (tertiary/aromatic N) is 1. The first-order chi connectivity index (χ1) is 7.75. The van der Waals surface area contributed by atoms with Crippen LogP contribution in [0, 0.1) is 0 Å². The predicted octanol–water partition coefficient (Wildman–Crippen LogP) is 3.34. The monoisotopic (exact) mass is 210 g/mol. The first-order valence-electron chi connectivity index (χ1n) is 5.60. The molecule has 2 nitrogen and oxygen atoms in total. The zero-order chi connectivity index (χ0) is 11.1. The number of anilines is 1. The highest BCUT2D eigenvalue weighted by molar-refractivity contribution is 5.91. The van der Waals surface area contributed by atoms with Crippen LogP contribution in [0.4, 0.5) is 5.69 Å². The third kappa shape index (κ3) is 1.30. The van der Waals surface area contributed by atoms with Crippen molar-refractivity contribution in [2.24, 2.45) is 0 Å². The zero-order valence-electron chi connectivity index (χ0n) is 9.27. The van der Waals surface area contributed by atoms with E-state index in [1.165, 1.54) is 16.5 Å². The number of hydrogen-bond acceptors (Lipinski definition) is 2. The van der Waals surface area contributed by atoms with Gasteiger partial charge < -0.3 is 5.73 Å². The molecule has 1 aromatic heterocycles. The Hall–Kier alpha value is -1.83. The molecule has 1 aliphatic rings. The van der Waals surface area contributed by atoms with Crippen molar-refractivity contribution in [1.82, 2.24) is 4.98 Å². The molecule has 1 unspecified atom stereocenters. The van der Waals surface area contributed by atoms with Crippen LogP contribution in [0.15, 0.2) is 30.5 Å². The summed E-state index contributed by atoms with van der Waals surface area (Å²) in [4.78, 5) is 4.50. The Morgan fingerprint density at radius 2 is 2.25 bits per heavy atom. The number of allylic oxidation sites excluding steroid dienone is 1. The van der Waals surface area contributed by atoms with Crippen LogP contribution in [0.2, 0.25) is 0 Å². The van der Waals surface area contributed by atoms with E-state index < -0.39 is 0 Å². The fourth-order valence-corrected chi connectivity index (χ4v) is 2.34. The van der Waals surface area contributed by atoms with E-state index in [1.807, 2.05) is 24.4 Å². The highest BCUT2D eigenvalue weighted by Gasteiger charge is 2.15. The van der Waals surface area contributed by atoms with Gasteiger partial charge in [0.2, 0.25) is 0 Å². The van der Waals surface area contributed by atoms with E-state index in [1.54, 1.807) is 0 Å². The van der Waals surface area contributed by atoms with Crippen LogP contribution in [0.5, 0.6) is 0 Å². The largest absolute Gasteiger partial charge is 0.399 e. The fraction of sp³-hybridized carbons (Fsp3) is 0.214. The maximum absolute atomic E-state index is 5.84. The van der Waals surface area contributed by atoms with Crippen LogP contribution in [-0.4, -0.2) is 4.98 Å². The van der Waals surface area contributed by atoms with Gasteiger partial charge in [-0.3, -0.25) is 4.98 Å². The maximum Gasteiger partial charge on any atom is 0.0709 e. The second-order valence-corrected chi connectivity index (χ2v) is 4.44. The molecular weight excluding hydrogens is 196 g/mol. The Balaban J connectivity index is 2.39. The lowest BCUT2D eigenvalue weighted by Gasteiger charge is -2.18. The van der Waals surface area contributed by atoms with Crippen LogP contribution in [0.3, 0.4) is 0 Å². The summed E-state index contributed by atoms with van der Waals surface area (Å²) >= 11 is 0. The predicted molar refractivity (Wildman–Crippen MR) is 68.2 cm³/mol. The first-order valence-corrected chi connectivity index (χ1v) is 5.60. The van der Waals surface area contributed by atoms with Gasteiger partial charge in [-0.2, -0.15) is 0 Å². The van der Waals surface area contributed by atoms with E-state index >= 15 is 0 Å². The van der Waals surface area contributed by atoms with Crippen LogP contribution in [0.1, 0.15) is 30.4 Å². The van der Waals surface area contributed by atoms with Gasteiger partial charge >= 0.3 is 0 Å². The molecule has 0 spiro atoms. The number of nitrogens with two attached hydrogens (primary N) is 1. The number of pyridine rings is 1. The maximum atomic E-state index is 5.84. The molecule has 1 aromatic carbocycles. The summed E-state index contributed by atoms with van der Waals surface area (Å²) in [6, 6.07) is 5.90. The molecular formula is C14H14N2. The minimum absolute atomic E-state index is 0.554. The Morgan fingerprint density at radius 1 is 1.38 bits per heavy atom. The van der Waals surface area contributed by atoms with Crippen molar-refractivity contribution in [2.45, 2.75) is 19.3 Å². The lowest BCUT2D eigenvalue weighted by molar-refractivity contribution is 0.769. The van der Waals surface area contributed by atoms with Crippen molar-refractivity contribution >= 4 is 22.7 Å². The Kier molecular flexibility index (Phi) is 1.96. The molecule has 0 saturated heterocycles. The van der Waals surface area contributed by atoms with E-state index in [4.69, 9.17) is 5.73 Å². The Bertz CT molecular complexity index is 585. The van der Waals surface area contributed by atoms with Gasteiger partial charge in [0.25, 0.3) is 0 Å². The summed E-state index contributed by atoms with van der Waals surface area (Å²) in [5, 5.41) is 1.17. The Morgan fingerprint density at radius 3 is 3.12 bits per heavy atom. The van der Waals surface area contributed by atoms with E-state index in [-0.39, 0.29) is 0 Å². The second kappa shape index (κ2) is 3.34. The average molecular weight is 210 g/mol. The SMILES string of the molecule is CC1CC=Cc2c1cnc1ccc(N)cc21. The van der Waals surface area contributed by atoms with Crippen molar-refractivity contribution < 1.29 is 0 Å². The average Bonchev–Trinajstić information content (AvgIpc) is 2.29. The highest BCUT2D eigenvalue weighted by Crippen LogP contribution is 2.33. The summed E-state index contributed by atoms with van der Waals surface area (Å²) in [5.41, 5.74) is 10.3. The van der Waals surface area contributed by atoms with Gasteiger partial charge in [-0.05, 0) is 41.7 Å². The van der Waals surface area contributed by atoms with Gasteiger partial charge in [0.1, 0.15) is 0 Å². The van der Waals surface area contributed by atoms with Crippen molar-refractivity contribution in [2.75, 3.05) is 5.73 Å². The van der Waals surface area contributed by atoms with Gasteiger partial charge in [0.15, 0.2) is 0 Å². The van der Waals surface area contributed by atoms with Crippen molar-refractivity contribution in [3.63, 3.8) is 0 Å². The molecule has 3 rings (SSSR count). The number of nitrogen functional groups attached to an aromatic ring is 1. The molecule has 2 aromatic rings. The third-order valence-electron chi connectivity index (χ3n) is 3.27. The second-order valence-electron chi connectivity index (χ2n) is 4.44. The topological polar surface area (TPSA) is 38.9 Å². The van der Waals surface area contributed by atoms with E-state index in [0.29, 0.717) is 5.92 Å². The van der Waals surface area contributed by atoms with E-state index in [0.717, 1.165) is 17.6 Å². The minimum atomic E-state index is 0.554. The summed E-state index contributed by atoms with van der Waals surface area (Å²) in [6.07, 6.45) is 7.53. The minimum Gasteiger partial charge on any atom is -0.399 e. The van der Waals surface area contributed by atoms with E-state index in [9.17, 15) is 0 Å². The number of fused-ring (bicyclic) bond motifs is 3. The molecule has 1 aliphatic carbocycles. The van der Waals surface area contributed by atoms with Crippen LogP contribution in [-0.2, 0) is 0 Å². The first kappa shape index (κ1) is 9.40. The molecule has 1 atom stereocenters. The fourth-order valence-electron chi connectivity index (χ4n) is 2.34. The van der Waals surface area contributed by atoms with Gasteiger partial charge in [0.05, 0.1) is 5.52 Å². The molecule has 0 fully saturated rings. The van der Waals surface area contributed by atoms with Gasteiger partial charge in [0, 0.05) is 17.3 Å². The standard InChI is InChI=1S/C14H14N2/c1-9-3-2-4-11-12-7-10(15)5-6-14(12)16-8-13(9)11/h2,4-9H,3,15H2,1H3. The number of aromatic nitrogens is 1. The summed E-state index contributed by atoms with van der Waals surface area (Å²) < 4.78 is 0. The normalized spacial score (nSPS) is 18.7. The molecule has 16 heavy (non-hydrogen) atoms. The van der Waals surface area contributed by atoms with Gasteiger partial charge in [-0.15, -0.1) is 0 Å². The number of rotatable bonds is 0. The third-order valence-corrected chi connectivity index (χ3v) is 3.27. The van der Waals surface area contributed by atoms with Crippen LogP contribution >= 0.6 is 0 Å². The molecule has 0 bridgehead atoms. The molecule has 0 amide bonds. The number of benzene rings is 1. The summed E-state index contributed by atoms with van der Waals surface area (Å²) in [6.45, 7) is 2.24. The van der Waals surface area contributed by atoms with Crippen LogP contribution < -0.4 is 5.73 Å². The van der Waals surface area contributed by atoms with Gasteiger partial charge in [-0.1, -0.05) is 19.1 Å². The lowest BCUT2D eigenvalue weighted by atomic mass is 9.88. The van der Waals surface area contributed by atoms with Crippen molar-refractivity contribution in [3.8, 4) is 0 Å². The Labute approximate surface area is 94.8 Å². The summed E-state index contributed by atoms with van der Waals surface area (Å²) in [5.74, 6) is 0.554. The molecule has 0 saturated carbocycles. The van der Waals surface area contributed by atoms with Crippen molar-refractivity contribution in [1.29, 1.82) is 0 Å². The molecule has 1 heterocycles. The molecule has 0 aliphatic heterocycles. The lowest BCUT2D eigenvalue weighted by Crippen LogP contribution is -2.02. The molecule has 2 heteroatoms. The smallest absolute Gasteiger partial charge is 0.0709 e. The molecule has 0 radical (unpaired) electrons. The van der Waals surface area contributed by atoms with Crippen LogP contribution in [0.25, 0.3) is 17.0 Å². The molecule has 80 valence electrons.